The predicted octanol–water partition coefficient (Wildman–Crippen LogP) is 1.60. The molecule has 0 amide bonds. The van der Waals surface area contributed by atoms with Crippen LogP contribution in [0.3, 0.4) is 0 Å². The van der Waals surface area contributed by atoms with E-state index in [0.717, 1.165) is 49.8 Å². The Labute approximate surface area is 106 Å². The van der Waals surface area contributed by atoms with Crippen LogP contribution in [0, 0.1) is 6.92 Å². The number of nitrogens with one attached hydrogen (secondary N) is 1. The first kappa shape index (κ1) is 11.1. The van der Waals surface area contributed by atoms with E-state index in [4.69, 9.17) is 16.3 Å². The molecule has 17 heavy (non-hydrogen) atoms. The van der Waals surface area contributed by atoms with Gasteiger partial charge >= 0.3 is 0 Å². The summed E-state index contributed by atoms with van der Waals surface area (Å²) in [4.78, 5) is 6.81. The van der Waals surface area contributed by atoms with Gasteiger partial charge in [-0.1, -0.05) is 11.6 Å². The van der Waals surface area contributed by atoms with Crippen molar-refractivity contribution in [3.63, 3.8) is 0 Å². The van der Waals surface area contributed by atoms with Crippen molar-refractivity contribution in [3.8, 4) is 5.75 Å². The van der Waals surface area contributed by atoms with Gasteiger partial charge in [0.15, 0.2) is 11.6 Å². The number of hydrogen-bond donors (Lipinski definition) is 1. The first-order valence-electron chi connectivity index (χ1n) is 6.02. The van der Waals surface area contributed by atoms with Gasteiger partial charge in [0.05, 0.1) is 11.6 Å². The number of ether oxygens (including phenoxy) is 1. The molecule has 1 fully saturated rings. The molecular formula is C12H16ClN3O. The summed E-state index contributed by atoms with van der Waals surface area (Å²) >= 11 is 6.10. The lowest BCUT2D eigenvalue weighted by molar-refractivity contribution is 0.302. The minimum Gasteiger partial charge on any atom is -0.489 e. The maximum atomic E-state index is 6.10. The average molecular weight is 254 g/mol. The van der Waals surface area contributed by atoms with Crippen LogP contribution >= 0.6 is 11.6 Å². The van der Waals surface area contributed by atoms with Crippen molar-refractivity contribution < 1.29 is 4.74 Å². The van der Waals surface area contributed by atoms with Crippen molar-refractivity contribution >= 4 is 17.4 Å². The maximum Gasteiger partial charge on any atom is 0.172 e. The monoisotopic (exact) mass is 253 g/mol. The molecule has 92 valence electrons. The SMILES string of the molecule is Cc1c(Cl)cnc2c1OCC[C@H]1CNCCN21. The van der Waals surface area contributed by atoms with Crippen LogP contribution in [0.5, 0.6) is 5.75 Å². The second-order valence-corrected chi connectivity index (χ2v) is 4.98. The molecule has 1 saturated heterocycles. The lowest BCUT2D eigenvalue weighted by atomic mass is 10.1. The highest BCUT2D eigenvalue weighted by Gasteiger charge is 2.29. The molecule has 0 aromatic carbocycles. The van der Waals surface area contributed by atoms with Gasteiger partial charge in [-0.05, 0) is 6.92 Å². The Morgan fingerprint density at radius 1 is 1.59 bits per heavy atom. The highest BCUT2D eigenvalue weighted by Crippen LogP contribution is 2.37. The number of hydrogen-bond acceptors (Lipinski definition) is 4. The van der Waals surface area contributed by atoms with E-state index in [-0.39, 0.29) is 0 Å². The van der Waals surface area contributed by atoms with Crippen molar-refractivity contribution in [2.45, 2.75) is 19.4 Å². The van der Waals surface area contributed by atoms with Crippen LogP contribution in [0.15, 0.2) is 6.20 Å². The van der Waals surface area contributed by atoms with Gasteiger partial charge in [-0.15, -0.1) is 0 Å². The zero-order valence-electron chi connectivity index (χ0n) is 9.87. The Kier molecular flexibility index (Phi) is 2.84. The Morgan fingerprint density at radius 2 is 2.47 bits per heavy atom. The lowest BCUT2D eigenvalue weighted by Gasteiger charge is -2.35. The number of fused-ring (bicyclic) bond motifs is 3. The van der Waals surface area contributed by atoms with Crippen LogP contribution in [0.25, 0.3) is 0 Å². The quantitative estimate of drug-likeness (QED) is 0.762. The van der Waals surface area contributed by atoms with Gasteiger partial charge in [0, 0.05) is 43.9 Å². The van der Waals surface area contributed by atoms with E-state index in [9.17, 15) is 0 Å². The Bertz CT molecular complexity index is 438. The minimum atomic E-state index is 0.484. The standard InChI is InChI=1S/C12H16ClN3O/c1-8-10(13)7-15-12-11(8)17-5-2-9-6-14-3-4-16(9)12/h7,9,14H,2-6H2,1H3/t9-/m0/s1. The van der Waals surface area contributed by atoms with Crippen molar-refractivity contribution in [2.75, 3.05) is 31.1 Å². The molecule has 2 aliphatic rings. The van der Waals surface area contributed by atoms with Crippen molar-refractivity contribution in [1.82, 2.24) is 10.3 Å². The smallest absolute Gasteiger partial charge is 0.172 e. The third kappa shape index (κ3) is 1.85. The van der Waals surface area contributed by atoms with Crippen LogP contribution in [0.2, 0.25) is 5.02 Å². The molecular weight excluding hydrogens is 238 g/mol. The van der Waals surface area contributed by atoms with Crippen LogP contribution in [-0.2, 0) is 0 Å². The molecule has 4 nitrogen and oxygen atoms in total. The summed E-state index contributed by atoms with van der Waals surface area (Å²) < 4.78 is 5.84. The molecule has 5 heteroatoms. The Morgan fingerprint density at radius 3 is 3.35 bits per heavy atom. The molecule has 1 N–H and O–H groups in total. The summed E-state index contributed by atoms with van der Waals surface area (Å²) in [6, 6.07) is 0.484. The number of piperazine rings is 1. The minimum absolute atomic E-state index is 0.484. The van der Waals surface area contributed by atoms with Gasteiger partial charge in [0.25, 0.3) is 0 Å². The zero-order valence-corrected chi connectivity index (χ0v) is 10.6. The average Bonchev–Trinajstić information content (AvgIpc) is 2.54. The highest BCUT2D eigenvalue weighted by molar-refractivity contribution is 6.31. The molecule has 0 unspecified atom stereocenters. The summed E-state index contributed by atoms with van der Waals surface area (Å²) in [7, 11) is 0. The van der Waals surface area contributed by atoms with Gasteiger partial charge in [-0.3, -0.25) is 0 Å². The van der Waals surface area contributed by atoms with Crippen molar-refractivity contribution in [2.24, 2.45) is 0 Å². The first-order valence-corrected chi connectivity index (χ1v) is 6.40. The van der Waals surface area contributed by atoms with E-state index in [1.807, 2.05) is 6.92 Å². The highest BCUT2D eigenvalue weighted by atomic mass is 35.5. The molecule has 1 aromatic heterocycles. The fraction of sp³-hybridized carbons (Fsp3) is 0.583. The molecule has 1 aromatic rings. The van der Waals surface area contributed by atoms with Crippen molar-refractivity contribution in [3.05, 3.63) is 16.8 Å². The largest absolute Gasteiger partial charge is 0.489 e. The molecule has 0 bridgehead atoms. The summed E-state index contributed by atoms with van der Waals surface area (Å²) in [5.41, 5.74) is 0.996. The summed E-state index contributed by atoms with van der Waals surface area (Å²) in [6.45, 7) is 5.71. The molecule has 3 heterocycles. The topological polar surface area (TPSA) is 37.4 Å². The molecule has 3 rings (SSSR count). The molecule has 1 atom stereocenters. The number of pyridine rings is 1. The second-order valence-electron chi connectivity index (χ2n) is 4.57. The van der Waals surface area contributed by atoms with Gasteiger partial charge in [0.1, 0.15) is 0 Å². The fourth-order valence-electron chi connectivity index (χ4n) is 2.52. The Hall–Kier alpha value is -1.00. The number of anilines is 1. The summed E-state index contributed by atoms with van der Waals surface area (Å²) in [6.07, 6.45) is 2.75. The zero-order chi connectivity index (χ0) is 11.8. The van der Waals surface area contributed by atoms with Crippen LogP contribution in [0.4, 0.5) is 5.82 Å². The molecule has 0 aliphatic carbocycles. The van der Waals surface area contributed by atoms with Crippen LogP contribution < -0.4 is 15.0 Å². The van der Waals surface area contributed by atoms with Gasteiger partial charge < -0.3 is 15.0 Å². The summed E-state index contributed by atoms with van der Waals surface area (Å²) in [5.74, 6) is 1.82. The van der Waals surface area contributed by atoms with E-state index in [1.54, 1.807) is 6.20 Å². The van der Waals surface area contributed by atoms with E-state index >= 15 is 0 Å². The number of aromatic nitrogens is 1. The molecule has 0 saturated carbocycles. The molecule has 0 spiro atoms. The van der Waals surface area contributed by atoms with Crippen molar-refractivity contribution in [1.29, 1.82) is 0 Å². The normalized spacial score (nSPS) is 23.4. The third-order valence-electron chi connectivity index (χ3n) is 3.52. The van der Waals surface area contributed by atoms with Crippen LogP contribution in [-0.4, -0.2) is 37.3 Å². The first-order chi connectivity index (χ1) is 8.27. The lowest BCUT2D eigenvalue weighted by Crippen LogP contribution is -2.51. The predicted molar refractivity (Wildman–Crippen MR) is 68.1 cm³/mol. The maximum absolute atomic E-state index is 6.10. The Balaban J connectivity index is 2.06. The van der Waals surface area contributed by atoms with Gasteiger partial charge in [-0.25, -0.2) is 4.98 Å². The van der Waals surface area contributed by atoms with E-state index < -0.39 is 0 Å². The number of nitrogens with zero attached hydrogens (tertiary/aromatic N) is 2. The summed E-state index contributed by atoms with van der Waals surface area (Å²) in [5, 5.41) is 4.10. The van der Waals surface area contributed by atoms with E-state index in [2.05, 4.69) is 15.2 Å². The van der Waals surface area contributed by atoms with E-state index in [0.29, 0.717) is 11.1 Å². The third-order valence-corrected chi connectivity index (χ3v) is 3.90. The second kappa shape index (κ2) is 4.35. The number of halogens is 1. The molecule has 2 aliphatic heterocycles. The van der Waals surface area contributed by atoms with Gasteiger partial charge in [-0.2, -0.15) is 0 Å². The molecule has 0 radical (unpaired) electrons. The van der Waals surface area contributed by atoms with E-state index in [1.165, 1.54) is 0 Å². The number of rotatable bonds is 0. The van der Waals surface area contributed by atoms with Crippen LogP contribution in [0.1, 0.15) is 12.0 Å². The van der Waals surface area contributed by atoms with Gasteiger partial charge in [0.2, 0.25) is 0 Å². The fourth-order valence-corrected chi connectivity index (χ4v) is 2.66.